The smallest absolute Gasteiger partial charge is 0.308 e. The van der Waals surface area contributed by atoms with Gasteiger partial charge in [0.05, 0.1) is 11.5 Å². The predicted octanol–water partition coefficient (Wildman–Crippen LogP) is 2.91. The number of halogens is 2. The van der Waals surface area contributed by atoms with Gasteiger partial charge in [0.15, 0.2) is 0 Å². The Labute approximate surface area is 130 Å². The van der Waals surface area contributed by atoms with Crippen LogP contribution in [0.15, 0.2) is 18.2 Å². The van der Waals surface area contributed by atoms with E-state index in [1.165, 1.54) is 12.1 Å². The summed E-state index contributed by atoms with van der Waals surface area (Å²) in [5, 5.41) is 11.6. The fourth-order valence-electron chi connectivity index (χ4n) is 1.86. The van der Waals surface area contributed by atoms with Crippen LogP contribution in [0.2, 0.25) is 0 Å². The van der Waals surface area contributed by atoms with E-state index in [0.29, 0.717) is 9.99 Å². The van der Waals surface area contributed by atoms with Gasteiger partial charge in [0.2, 0.25) is 0 Å². The molecule has 0 radical (unpaired) electrons. The Kier molecular flexibility index (Phi) is 6.38. The Morgan fingerprint density at radius 2 is 2.05 bits per heavy atom. The van der Waals surface area contributed by atoms with Crippen molar-refractivity contribution in [2.24, 2.45) is 11.8 Å². The minimum absolute atomic E-state index is 0.00321. The molecule has 0 bridgehead atoms. The average molecular weight is 393 g/mol. The summed E-state index contributed by atoms with van der Waals surface area (Å²) in [5.74, 6) is -2.60. The van der Waals surface area contributed by atoms with Crippen LogP contribution in [-0.4, -0.2) is 23.5 Å². The molecule has 0 fully saturated rings. The van der Waals surface area contributed by atoms with E-state index in [9.17, 15) is 14.0 Å². The van der Waals surface area contributed by atoms with Crippen LogP contribution in [0.5, 0.6) is 0 Å². The van der Waals surface area contributed by atoms with Crippen molar-refractivity contribution in [2.75, 3.05) is 6.54 Å². The SMILES string of the molecule is CC(C)CC(CNC(=O)c1c(F)cccc1I)C(=O)O. The maximum absolute atomic E-state index is 13.6. The lowest BCUT2D eigenvalue weighted by atomic mass is 9.97. The normalized spacial score (nSPS) is 12.2. The molecule has 1 atom stereocenters. The largest absolute Gasteiger partial charge is 0.481 e. The van der Waals surface area contributed by atoms with Crippen LogP contribution >= 0.6 is 22.6 Å². The van der Waals surface area contributed by atoms with Crippen LogP contribution < -0.4 is 5.32 Å². The Hall–Kier alpha value is -1.18. The molecule has 4 nitrogen and oxygen atoms in total. The molecule has 1 aromatic carbocycles. The van der Waals surface area contributed by atoms with Crippen molar-refractivity contribution in [1.82, 2.24) is 5.32 Å². The van der Waals surface area contributed by atoms with Gasteiger partial charge in [0.25, 0.3) is 5.91 Å². The lowest BCUT2D eigenvalue weighted by Gasteiger charge is -2.16. The van der Waals surface area contributed by atoms with Crippen LogP contribution in [0.4, 0.5) is 4.39 Å². The van der Waals surface area contributed by atoms with Gasteiger partial charge >= 0.3 is 5.97 Å². The number of carboxylic acid groups (broad SMARTS) is 1. The van der Waals surface area contributed by atoms with Crippen molar-refractivity contribution in [2.45, 2.75) is 20.3 Å². The molecule has 0 spiro atoms. The van der Waals surface area contributed by atoms with Gasteiger partial charge in [-0.25, -0.2) is 4.39 Å². The third kappa shape index (κ3) is 4.73. The summed E-state index contributed by atoms with van der Waals surface area (Å²) in [5.41, 5.74) is -0.0400. The van der Waals surface area contributed by atoms with E-state index in [2.05, 4.69) is 5.32 Å². The maximum atomic E-state index is 13.6. The zero-order valence-electron chi connectivity index (χ0n) is 11.3. The number of carbonyl (C=O) groups is 2. The fraction of sp³-hybridized carbons (Fsp3) is 0.429. The van der Waals surface area contributed by atoms with Gasteiger partial charge in [-0.05, 0) is 47.1 Å². The topological polar surface area (TPSA) is 66.4 Å². The molecule has 110 valence electrons. The molecule has 0 aliphatic carbocycles. The molecular formula is C14H17FINO3. The molecule has 1 aromatic rings. The van der Waals surface area contributed by atoms with Crippen molar-refractivity contribution >= 4 is 34.5 Å². The molecule has 2 N–H and O–H groups in total. The number of nitrogens with one attached hydrogen (secondary N) is 1. The number of carboxylic acids is 1. The second-order valence-electron chi connectivity index (χ2n) is 4.97. The minimum Gasteiger partial charge on any atom is -0.481 e. The van der Waals surface area contributed by atoms with Crippen molar-refractivity contribution < 1.29 is 19.1 Å². The standard InChI is InChI=1S/C14H17FINO3/c1-8(2)6-9(14(19)20)7-17-13(18)12-10(15)4-3-5-11(12)16/h3-5,8-9H,6-7H2,1-2H3,(H,17,18)(H,19,20). The summed E-state index contributed by atoms with van der Waals surface area (Å²) >= 11 is 1.87. The molecule has 0 aliphatic heterocycles. The minimum atomic E-state index is -0.956. The van der Waals surface area contributed by atoms with Crippen molar-refractivity contribution in [1.29, 1.82) is 0 Å². The molecule has 1 amide bonds. The van der Waals surface area contributed by atoms with E-state index in [1.54, 1.807) is 6.07 Å². The lowest BCUT2D eigenvalue weighted by Crippen LogP contribution is -2.34. The first-order valence-electron chi connectivity index (χ1n) is 6.28. The first-order chi connectivity index (χ1) is 9.32. The van der Waals surface area contributed by atoms with Crippen molar-refractivity contribution in [3.8, 4) is 0 Å². The van der Waals surface area contributed by atoms with Gasteiger partial charge in [-0.1, -0.05) is 19.9 Å². The van der Waals surface area contributed by atoms with Gasteiger partial charge in [0, 0.05) is 10.1 Å². The molecule has 1 unspecified atom stereocenters. The van der Waals surface area contributed by atoms with Gasteiger partial charge in [-0.15, -0.1) is 0 Å². The van der Waals surface area contributed by atoms with Gasteiger partial charge in [0.1, 0.15) is 5.82 Å². The Morgan fingerprint density at radius 1 is 1.40 bits per heavy atom. The van der Waals surface area contributed by atoms with Crippen LogP contribution in [0.25, 0.3) is 0 Å². The van der Waals surface area contributed by atoms with E-state index >= 15 is 0 Å². The van der Waals surface area contributed by atoms with E-state index in [-0.39, 0.29) is 18.0 Å². The molecule has 0 aliphatic rings. The van der Waals surface area contributed by atoms with E-state index in [0.717, 1.165) is 0 Å². The Balaban J connectivity index is 2.73. The average Bonchev–Trinajstić information content (AvgIpc) is 2.33. The predicted molar refractivity (Wildman–Crippen MR) is 82.0 cm³/mol. The first-order valence-corrected chi connectivity index (χ1v) is 7.35. The first kappa shape index (κ1) is 16.9. The second-order valence-corrected chi connectivity index (χ2v) is 6.13. The molecule has 0 heterocycles. The summed E-state index contributed by atoms with van der Waals surface area (Å²) in [7, 11) is 0. The number of carbonyl (C=O) groups excluding carboxylic acids is 1. The zero-order chi connectivity index (χ0) is 15.3. The van der Waals surface area contributed by atoms with Crippen LogP contribution in [0, 0.1) is 21.2 Å². The zero-order valence-corrected chi connectivity index (χ0v) is 13.5. The third-order valence-electron chi connectivity index (χ3n) is 2.80. The highest BCUT2D eigenvalue weighted by Crippen LogP contribution is 2.16. The second kappa shape index (κ2) is 7.56. The molecule has 0 saturated heterocycles. The Bertz CT molecular complexity index is 485. The van der Waals surface area contributed by atoms with Crippen LogP contribution in [-0.2, 0) is 4.79 Å². The highest BCUT2D eigenvalue weighted by atomic mass is 127. The maximum Gasteiger partial charge on any atom is 0.308 e. The number of aliphatic carboxylic acids is 1. The molecule has 0 saturated carbocycles. The molecule has 1 rings (SSSR count). The quantitative estimate of drug-likeness (QED) is 0.731. The fourth-order valence-corrected chi connectivity index (χ4v) is 2.57. The van der Waals surface area contributed by atoms with Gasteiger partial charge in [-0.2, -0.15) is 0 Å². The van der Waals surface area contributed by atoms with E-state index in [1.807, 2.05) is 36.4 Å². The summed E-state index contributed by atoms with van der Waals surface area (Å²) in [6, 6.07) is 4.36. The number of rotatable bonds is 6. The Morgan fingerprint density at radius 3 is 2.55 bits per heavy atom. The van der Waals surface area contributed by atoms with Crippen LogP contribution in [0.3, 0.4) is 0 Å². The summed E-state index contributed by atoms with van der Waals surface area (Å²) in [4.78, 5) is 23.0. The van der Waals surface area contributed by atoms with E-state index in [4.69, 9.17) is 5.11 Å². The third-order valence-corrected chi connectivity index (χ3v) is 3.70. The molecule has 6 heteroatoms. The highest BCUT2D eigenvalue weighted by Gasteiger charge is 2.21. The number of amides is 1. The highest BCUT2D eigenvalue weighted by molar-refractivity contribution is 14.1. The number of hydrogen-bond acceptors (Lipinski definition) is 2. The lowest BCUT2D eigenvalue weighted by molar-refractivity contribution is -0.142. The van der Waals surface area contributed by atoms with Crippen molar-refractivity contribution in [3.63, 3.8) is 0 Å². The molecule has 0 aromatic heterocycles. The van der Waals surface area contributed by atoms with Gasteiger partial charge < -0.3 is 10.4 Å². The monoisotopic (exact) mass is 393 g/mol. The summed E-state index contributed by atoms with van der Waals surface area (Å²) < 4.78 is 14.1. The van der Waals surface area contributed by atoms with Crippen molar-refractivity contribution in [3.05, 3.63) is 33.1 Å². The summed E-state index contributed by atoms with van der Waals surface area (Å²) in [6.45, 7) is 3.83. The number of hydrogen-bond donors (Lipinski definition) is 2. The van der Waals surface area contributed by atoms with Crippen LogP contribution in [0.1, 0.15) is 30.6 Å². The summed E-state index contributed by atoms with van der Waals surface area (Å²) in [6.07, 6.45) is 0.462. The van der Waals surface area contributed by atoms with E-state index < -0.39 is 23.6 Å². The van der Waals surface area contributed by atoms with Gasteiger partial charge in [-0.3, -0.25) is 9.59 Å². The molecular weight excluding hydrogens is 376 g/mol. The molecule has 20 heavy (non-hydrogen) atoms. The number of benzene rings is 1.